The third-order valence-electron chi connectivity index (χ3n) is 3.56. The van der Waals surface area contributed by atoms with Gasteiger partial charge in [0.05, 0.1) is 6.10 Å². The molecule has 1 heterocycles. The molecule has 4 nitrogen and oxygen atoms in total. The zero-order chi connectivity index (χ0) is 13.9. The highest BCUT2D eigenvalue weighted by atomic mass is 35.5. The van der Waals surface area contributed by atoms with E-state index in [1.54, 1.807) is 31.2 Å². The van der Waals surface area contributed by atoms with Crippen LogP contribution in [0.5, 0.6) is 0 Å². The summed E-state index contributed by atoms with van der Waals surface area (Å²) in [4.78, 5) is 11.6. The van der Waals surface area contributed by atoms with Gasteiger partial charge in [0.25, 0.3) is 0 Å². The number of ether oxygens (including phenoxy) is 1. The van der Waals surface area contributed by atoms with Crippen molar-refractivity contribution in [2.45, 2.75) is 31.4 Å². The summed E-state index contributed by atoms with van der Waals surface area (Å²) in [7, 11) is 0. The maximum absolute atomic E-state index is 11.6. The average Bonchev–Trinajstić information content (AvgIpc) is 2.89. The van der Waals surface area contributed by atoms with Gasteiger partial charge < -0.3 is 9.84 Å². The second-order valence-electron chi connectivity index (χ2n) is 4.95. The van der Waals surface area contributed by atoms with E-state index in [9.17, 15) is 9.90 Å². The van der Waals surface area contributed by atoms with Crippen molar-refractivity contribution in [2.24, 2.45) is 0 Å². The van der Waals surface area contributed by atoms with Crippen LogP contribution in [0.1, 0.15) is 25.3 Å². The lowest BCUT2D eigenvalue weighted by Gasteiger charge is -2.28. The molecule has 0 aliphatic carbocycles. The van der Waals surface area contributed by atoms with Crippen molar-refractivity contribution in [3.63, 3.8) is 0 Å². The van der Waals surface area contributed by atoms with E-state index < -0.39 is 11.5 Å². The summed E-state index contributed by atoms with van der Waals surface area (Å²) in [5, 5.41) is 13.2. The van der Waals surface area contributed by atoms with Gasteiger partial charge in [0, 0.05) is 18.2 Å². The Labute approximate surface area is 117 Å². The minimum atomic E-state index is -1.13. The molecule has 19 heavy (non-hydrogen) atoms. The monoisotopic (exact) mass is 283 g/mol. The van der Waals surface area contributed by atoms with Crippen molar-refractivity contribution in [3.05, 3.63) is 34.9 Å². The van der Waals surface area contributed by atoms with Crippen LogP contribution < -0.4 is 5.32 Å². The van der Waals surface area contributed by atoms with Gasteiger partial charge in [-0.25, -0.2) is 4.79 Å². The summed E-state index contributed by atoms with van der Waals surface area (Å²) in [5.41, 5.74) is -0.446. The summed E-state index contributed by atoms with van der Waals surface area (Å²) in [5.74, 6) is -0.909. The first-order valence-electron chi connectivity index (χ1n) is 6.38. The summed E-state index contributed by atoms with van der Waals surface area (Å²) in [6.07, 6.45) is 2.12. The summed E-state index contributed by atoms with van der Waals surface area (Å²) < 4.78 is 5.51. The Hall–Kier alpha value is -1.10. The molecule has 0 amide bonds. The van der Waals surface area contributed by atoms with E-state index in [2.05, 4.69) is 5.32 Å². The molecule has 2 atom stereocenters. The molecule has 0 bridgehead atoms. The normalized spacial score (nSPS) is 22.1. The fourth-order valence-corrected chi connectivity index (χ4v) is 2.33. The first kappa shape index (κ1) is 14.3. The predicted molar refractivity (Wildman–Crippen MR) is 73.4 cm³/mol. The molecule has 1 aromatic rings. The zero-order valence-electron chi connectivity index (χ0n) is 10.9. The Bertz CT molecular complexity index is 443. The van der Waals surface area contributed by atoms with Gasteiger partial charge in [0.1, 0.15) is 5.54 Å². The first-order valence-corrected chi connectivity index (χ1v) is 6.76. The molecule has 2 unspecified atom stereocenters. The van der Waals surface area contributed by atoms with Crippen LogP contribution in [0, 0.1) is 0 Å². The van der Waals surface area contributed by atoms with E-state index >= 15 is 0 Å². The van der Waals surface area contributed by atoms with E-state index in [0.29, 0.717) is 17.1 Å². The van der Waals surface area contributed by atoms with Gasteiger partial charge in [0.2, 0.25) is 0 Å². The van der Waals surface area contributed by atoms with Gasteiger partial charge in [-0.15, -0.1) is 0 Å². The van der Waals surface area contributed by atoms with E-state index in [1.165, 1.54) is 0 Å². The van der Waals surface area contributed by atoms with Crippen molar-refractivity contribution >= 4 is 17.6 Å². The molecule has 1 saturated heterocycles. The van der Waals surface area contributed by atoms with E-state index in [4.69, 9.17) is 16.3 Å². The summed E-state index contributed by atoms with van der Waals surface area (Å²) in [6.45, 7) is 2.95. The number of halogens is 1. The summed E-state index contributed by atoms with van der Waals surface area (Å²) >= 11 is 5.83. The van der Waals surface area contributed by atoms with Crippen molar-refractivity contribution < 1.29 is 14.6 Å². The molecular formula is C14H18ClNO3. The molecule has 104 valence electrons. The van der Waals surface area contributed by atoms with Gasteiger partial charge >= 0.3 is 5.97 Å². The molecule has 1 aliphatic heterocycles. The number of nitrogens with one attached hydrogen (secondary N) is 1. The molecule has 1 aromatic carbocycles. The second-order valence-corrected chi connectivity index (χ2v) is 5.39. The van der Waals surface area contributed by atoms with Crippen LogP contribution in [0.4, 0.5) is 0 Å². The maximum atomic E-state index is 11.6. The number of hydrogen-bond acceptors (Lipinski definition) is 3. The van der Waals surface area contributed by atoms with Crippen molar-refractivity contribution in [1.29, 1.82) is 0 Å². The van der Waals surface area contributed by atoms with Gasteiger partial charge in [-0.05, 0) is 37.5 Å². The largest absolute Gasteiger partial charge is 0.480 e. The van der Waals surface area contributed by atoms with Gasteiger partial charge in [-0.1, -0.05) is 23.7 Å². The number of rotatable bonds is 5. The Morgan fingerprint density at radius 1 is 1.53 bits per heavy atom. The third kappa shape index (κ3) is 3.26. The smallest absolute Gasteiger partial charge is 0.328 e. The van der Waals surface area contributed by atoms with Crippen LogP contribution in [-0.2, 0) is 15.1 Å². The number of carbonyl (C=O) groups is 1. The Morgan fingerprint density at radius 3 is 2.74 bits per heavy atom. The number of hydrogen-bond donors (Lipinski definition) is 2. The van der Waals surface area contributed by atoms with Gasteiger partial charge in [-0.2, -0.15) is 0 Å². The van der Waals surface area contributed by atoms with E-state index in [0.717, 1.165) is 19.4 Å². The van der Waals surface area contributed by atoms with Gasteiger partial charge in [0.15, 0.2) is 0 Å². The fraction of sp³-hybridized carbons (Fsp3) is 0.500. The van der Waals surface area contributed by atoms with Crippen LogP contribution in [0.3, 0.4) is 0 Å². The topological polar surface area (TPSA) is 58.6 Å². The van der Waals surface area contributed by atoms with Crippen LogP contribution in [0.25, 0.3) is 0 Å². The quantitative estimate of drug-likeness (QED) is 0.871. The number of carboxylic acids is 1. The predicted octanol–water partition coefficient (Wildman–Crippen LogP) is 2.41. The summed E-state index contributed by atoms with van der Waals surface area (Å²) in [6, 6.07) is 6.87. The second kappa shape index (κ2) is 5.90. The van der Waals surface area contributed by atoms with Crippen molar-refractivity contribution in [3.8, 4) is 0 Å². The van der Waals surface area contributed by atoms with Crippen molar-refractivity contribution in [1.82, 2.24) is 5.32 Å². The number of aliphatic carboxylic acids is 1. The Balaban J connectivity index is 2.12. The van der Waals surface area contributed by atoms with Gasteiger partial charge in [-0.3, -0.25) is 5.32 Å². The standard InChI is InChI=1S/C14H18ClNO3/c1-14(13(17)18,10-4-6-11(15)7-5-10)16-9-12-3-2-8-19-12/h4-7,12,16H,2-3,8-9H2,1H3,(H,17,18). The Kier molecular flexibility index (Phi) is 4.45. The van der Waals surface area contributed by atoms with E-state index in [-0.39, 0.29) is 6.10 Å². The molecule has 0 spiro atoms. The van der Waals surface area contributed by atoms with E-state index in [1.807, 2.05) is 0 Å². The van der Waals surface area contributed by atoms with Crippen LogP contribution in [-0.4, -0.2) is 30.3 Å². The average molecular weight is 284 g/mol. The number of carboxylic acid groups (broad SMARTS) is 1. The SMILES string of the molecule is CC(NCC1CCCO1)(C(=O)O)c1ccc(Cl)cc1. The third-order valence-corrected chi connectivity index (χ3v) is 3.81. The fourth-order valence-electron chi connectivity index (χ4n) is 2.21. The van der Waals surface area contributed by atoms with Crippen LogP contribution >= 0.6 is 11.6 Å². The maximum Gasteiger partial charge on any atom is 0.328 e. The highest BCUT2D eigenvalue weighted by molar-refractivity contribution is 6.30. The lowest BCUT2D eigenvalue weighted by molar-refractivity contribution is -0.144. The first-order chi connectivity index (χ1) is 9.02. The number of benzene rings is 1. The molecule has 0 aromatic heterocycles. The molecule has 0 saturated carbocycles. The molecule has 1 fully saturated rings. The molecular weight excluding hydrogens is 266 g/mol. The molecule has 0 radical (unpaired) electrons. The lowest BCUT2D eigenvalue weighted by atomic mass is 9.92. The Morgan fingerprint density at radius 2 is 2.21 bits per heavy atom. The highest BCUT2D eigenvalue weighted by Crippen LogP contribution is 2.24. The zero-order valence-corrected chi connectivity index (χ0v) is 11.6. The molecule has 2 rings (SSSR count). The lowest BCUT2D eigenvalue weighted by Crippen LogP contribution is -2.49. The van der Waals surface area contributed by atoms with Crippen LogP contribution in [0.15, 0.2) is 24.3 Å². The van der Waals surface area contributed by atoms with Crippen LogP contribution in [0.2, 0.25) is 5.02 Å². The molecule has 1 aliphatic rings. The highest BCUT2D eigenvalue weighted by Gasteiger charge is 2.35. The minimum absolute atomic E-state index is 0.103. The van der Waals surface area contributed by atoms with Crippen molar-refractivity contribution in [2.75, 3.05) is 13.2 Å². The molecule has 2 N–H and O–H groups in total. The minimum Gasteiger partial charge on any atom is -0.480 e. The molecule has 5 heteroatoms.